The number of amides is 1. The second-order valence-electron chi connectivity index (χ2n) is 7.34. The fraction of sp³-hybridized carbons (Fsp3) is 0.360. The van der Waals surface area contributed by atoms with E-state index in [-0.39, 0.29) is 5.91 Å². The van der Waals surface area contributed by atoms with Crippen LogP contribution in [0.2, 0.25) is 0 Å². The summed E-state index contributed by atoms with van der Waals surface area (Å²) in [4.78, 5) is 16.5. The molecular weight excluding hydrogens is 390 g/mol. The van der Waals surface area contributed by atoms with Gasteiger partial charge >= 0.3 is 0 Å². The van der Waals surface area contributed by atoms with Crippen molar-refractivity contribution in [2.24, 2.45) is 0 Å². The lowest BCUT2D eigenvalue weighted by Crippen LogP contribution is -2.26. The van der Waals surface area contributed by atoms with Crippen LogP contribution in [0.5, 0.6) is 11.5 Å². The molecule has 0 radical (unpaired) electrons. The molecule has 0 spiro atoms. The van der Waals surface area contributed by atoms with Gasteiger partial charge in [-0.1, -0.05) is 31.2 Å². The predicted octanol–water partition coefficient (Wildman–Crippen LogP) is 4.31. The smallest absolute Gasteiger partial charge is 0.219 e. The Balaban J connectivity index is 1.69. The Bertz CT molecular complexity index is 1030. The second kappa shape index (κ2) is 11.2. The summed E-state index contributed by atoms with van der Waals surface area (Å²) < 4.78 is 13.7. The molecule has 0 unspecified atom stereocenters. The maximum atomic E-state index is 11.8. The zero-order valence-electron chi connectivity index (χ0n) is 18.4. The number of ether oxygens (including phenoxy) is 2. The minimum Gasteiger partial charge on any atom is -0.493 e. The first-order chi connectivity index (χ1) is 15.2. The van der Waals surface area contributed by atoms with Crippen LogP contribution < -0.4 is 14.8 Å². The molecule has 1 amide bonds. The van der Waals surface area contributed by atoms with Crippen molar-refractivity contribution in [1.82, 2.24) is 14.9 Å². The van der Waals surface area contributed by atoms with Crippen LogP contribution in [-0.2, 0) is 24.2 Å². The third kappa shape index (κ3) is 5.87. The molecular formula is C25H31N3O3. The van der Waals surface area contributed by atoms with Gasteiger partial charge in [0.25, 0.3) is 0 Å². The van der Waals surface area contributed by atoms with E-state index in [4.69, 9.17) is 14.5 Å². The van der Waals surface area contributed by atoms with Crippen LogP contribution in [0.4, 0.5) is 0 Å². The highest BCUT2D eigenvalue weighted by atomic mass is 16.5. The quantitative estimate of drug-likeness (QED) is 0.443. The largest absolute Gasteiger partial charge is 0.493 e. The van der Waals surface area contributed by atoms with Crippen LogP contribution in [0.25, 0.3) is 11.0 Å². The van der Waals surface area contributed by atoms with Gasteiger partial charge in [-0.05, 0) is 42.7 Å². The van der Waals surface area contributed by atoms with E-state index < -0.39 is 0 Å². The molecule has 3 rings (SSSR count). The molecule has 1 heterocycles. The van der Waals surface area contributed by atoms with Crippen molar-refractivity contribution >= 4 is 16.9 Å². The van der Waals surface area contributed by atoms with Crippen molar-refractivity contribution in [2.45, 2.75) is 39.2 Å². The highest BCUT2D eigenvalue weighted by molar-refractivity contribution is 5.76. The highest BCUT2D eigenvalue weighted by Gasteiger charge is 2.12. The molecule has 31 heavy (non-hydrogen) atoms. The summed E-state index contributed by atoms with van der Waals surface area (Å²) in [5.41, 5.74) is 3.14. The van der Waals surface area contributed by atoms with E-state index in [1.54, 1.807) is 7.11 Å². The second-order valence-corrected chi connectivity index (χ2v) is 7.34. The molecule has 0 atom stereocenters. The Morgan fingerprint density at radius 1 is 1.23 bits per heavy atom. The van der Waals surface area contributed by atoms with Gasteiger partial charge in [-0.25, -0.2) is 4.98 Å². The maximum Gasteiger partial charge on any atom is 0.219 e. The van der Waals surface area contributed by atoms with E-state index >= 15 is 0 Å². The molecule has 6 heteroatoms. The van der Waals surface area contributed by atoms with Gasteiger partial charge in [-0.15, -0.1) is 6.58 Å². The molecule has 0 saturated carbocycles. The molecule has 1 N–H and O–H groups in total. The van der Waals surface area contributed by atoms with Crippen LogP contribution in [0.15, 0.2) is 55.1 Å². The molecule has 0 aliphatic carbocycles. The van der Waals surface area contributed by atoms with Gasteiger partial charge in [-0.3, -0.25) is 4.79 Å². The molecule has 0 aliphatic rings. The highest BCUT2D eigenvalue weighted by Crippen LogP contribution is 2.28. The van der Waals surface area contributed by atoms with E-state index in [0.717, 1.165) is 35.3 Å². The SMILES string of the molecule is C=CCc1ccc(OCCn2c(CCNC(=O)CCC)nc3ccccc32)c(OC)c1. The zero-order chi connectivity index (χ0) is 22.1. The summed E-state index contributed by atoms with van der Waals surface area (Å²) in [6.07, 6.45) is 4.72. The standard InChI is InChI=1S/C25H31N3O3/c1-4-8-19-12-13-22(23(18-19)30-3)31-17-16-28-21-11-7-6-10-20(21)27-24(28)14-15-26-25(29)9-5-2/h4,6-7,10-13,18H,1,5,8-9,14-17H2,2-3H3,(H,26,29). The third-order valence-electron chi connectivity index (χ3n) is 5.06. The minimum atomic E-state index is 0.0838. The topological polar surface area (TPSA) is 65.4 Å². The fourth-order valence-electron chi connectivity index (χ4n) is 3.57. The Hall–Kier alpha value is -3.28. The van der Waals surface area contributed by atoms with Crippen LogP contribution >= 0.6 is 0 Å². The monoisotopic (exact) mass is 421 g/mol. The summed E-state index contributed by atoms with van der Waals surface area (Å²) in [5.74, 6) is 2.46. The van der Waals surface area contributed by atoms with Gasteiger partial charge in [0.15, 0.2) is 11.5 Å². The number of carbonyl (C=O) groups excluding carboxylic acids is 1. The van der Waals surface area contributed by atoms with Crippen molar-refractivity contribution in [2.75, 3.05) is 20.3 Å². The molecule has 0 bridgehead atoms. The van der Waals surface area contributed by atoms with Gasteiger partial charge < -0.3 is 19.4 Å². The number of carbonyl (C=O) groups is 1. The zero-order valence-corrected chi connectivity index (χ0v) is 18.4. The normalized spacial score (nSPS) is 10.8. The lowest BCUT2D eigenvalue weighted by atomic mass is 10.1. The Morgan fingerprint density at radius 2 is 2.06 bits per heavy atom. The number of methoxy groups -OCH3 is 1. The number of fused-ring (bicyclic) bond motifs is 1. The molecule has 0 saturated heterocycles. The fourth-order valence-corrected chi connectivity index (χ4v) is 3.57. The number of nitrogens with zero attached hydrogens (tertiary/aromatic N) is 2. The first-order valence-electron chi connectivity index (χ1n) is 10.8. The molecule has 3 aromatic rings. The van der Waals surface area contributed by atoms with E-state index in [1.165, 1.54) is 0 Å². The number of benzene rings is 2. The third-order valence-corrected chi connectivity index (χ3v) is 5.06. The number of hydrogen-bond donors (Lipinski definition) is 1. The van der Waals surface area contributed by atoms with Crippen LogP contribution in [0.3, 0.4) is 0 Å². The van der Waals surface area contributed by atoms with Gasteiger partial charge in [-0.2, -0.15) is 0 Å². The van der Waals surface area contributed by atoms with Gasteiger partial charge in [0, 0.05) is 19.4 Å². The van der Waals surface area contributed by atoms with E-state index in [9.17, 15) is 4.79 Å². The number of para-hydroxylation sites is 2. The average Bonchev–Trinajstić information content (AvgIpc) is 3.12. The lowest BCUT2D eigenvalue weighted by Gasteiger charge is -2.14. The molecule has 164 valence electrons. The van der Waals surface area contributed by atoms with Gasteiger partial charge in [0.1, 0.15) is 12.4 Å². The molecule has 1 aromatic heterocycles. The summed E-state index contributed by atoms with van der Waals surface area (Å²) in [5, 5.41) is 2.97. The van der Waals surface area contributed by atoms with Crippen molar-refractivity contribution in [3.8, 4) is 11.5 Å². The number of nitrogens with one attached hydrogen (secondary N) is 1. The average molecular weight is 422 g/mol. The Morgan fingerprint density at radius 3 is 2.84 bits per heavy atom. The van der Waals surface area contributed by atoms with Gasteiger partial charge in [0.05, 0.1) is 24.7 Å². The van der Waals surface area contributed by atoms with E-state index in [2.05, 4.69) is 22.5 Å². The van der Waals surface area contributed by atoms with Gasteiger partial charge in [0.2, 0.25) is 5.91 Å². The summed E-state index contributed by atoms with van der Waals surface area (Å²) in [6.45, 7) is 7.48. The van der Waals surface area contributed by atoms with Crippen LogP contribution in [0.1, 0.15) is 31.2 Å². The van der Waals surface area contributed by atoms with Crippen molar-refractivity contribution in [1.29, 1.82) is 0 Å². The van der Waals surface area contributed by atoms with Crippen LogP contribution in [0, 0.1) is 0 Å². The molecule has 0 fully saturated rings. The van der Waals surface area contributed by atoms with Crippen molar-refractivity contribution in [3.63, 3.8) is 0 Å². The Kier molecular flexibility index (Phi) is 8.10. The summed E-state index contributed by atoms with van der Waals surface area (Å²) in [7, 11) is 1.65. The van der Waals surface area contributed by atoms with Crippen molar-refractivity contribution < 1.29 is 14.3 Å². The molecule has 0 aliphatic heterocycles. The number of aromatic nitrogens is 2. The first-order valence-corrected chi connectivity index (χ1v) is 10.8. The Labute approximate surface area is 183 Å². The number of rotatable bonds is 12. The number of allylic oxidation sites excluding steroid dienone is 1. The molecule has 6 nitrogen and oxygen atoms in total. The van der Waals surface area contributed by atoms with Crippen molar-refractivity contribution in [3.05, 3.63) is 66.5 Å². The lowest BCUT2D eigenvalue weighted by molar-refractivity contribution is -0.121. The predicted molar refractivity (Wildman–Crippen MR) is 124 cm³/mol. The first kappa shape index (κ1) is 22.4. The molecule has 2 aromatic carbocycles. The summed E-state index contributed by atoms with van der Waals surface area (Å²) >= 11 is 0. The van der Waals surface area contributed by atoms with Crippen LogP contribution in [-0.4, -0.2) is 35.7 Å². The number of hydrogen-bond acceptors (Lipinski definition) is 4. The van der Waals surface area contributed by atoms with E-state index in [1.807, 2.05) is 49.4 Å². The number of imidazole rings is 1. The minimum absolute atomic E-state index is 0.0838. The maximum absolute atomic E-state index is 11.8. The van der Waals surface area contributed by atoms with E-state index in [0.29, 0.717) is 44.0 Å². The summed E-state index contributed by atoms with van der Waals surface area (Å²) in [6, 6.07) is 14.0.